The molecule has 4 rings (SSSR count). The van der Waals surface area contributed by atoms with Crippen LogP contribution in [0.15, 0.2) is 57.5 Å². The van der Waals surface area contributed by atoms with Crippen LogP contribution in [0.2, 0.25) is 5.15 Å². The smallest absolute Gasteiger partial charge is 0.206 e. The number of furan rings is 1. The van der Waals surface area contributed by atoms with Gasteiger partial charge in [0.05, 0.1) is 18.3 Å². The molecule has 1 aromatic carbocycles. The van der Waals surface area contributed by atoms with Crippen molar-refractivity contribution in [3.8, 4) is 0 Å². The Labute approximate surface area is 157 Å². The first-order valence-corrected chi connectivity index (χ1v) is 9.73. The van der Waals surface area contributed by atoms with Gasteiger partial charge in [0.1, 0.15) is 10.9 Å². The van der Waals surface area contributed by atoms with E-state index in [1.54, 1.807) is 18.0 Å². The third kappa shape index (κ3) is 3.95. The Morgan fingerprint density at radius 2 is 2.08 bits per heavy atom. The average Bonchev–Trinajstić information content (AvgIpc) is 3.30. The van der Waals surface area contributed by atoms with Crippen LogP contribution in [-0.4, -0.2) is 15.2 Å². The van der Waals surface area contributed by atoms with Crippen LogP contribution in [0.1, 0.15) is 11.3 Å². The number of anilines is 1. The van der Waals surface area contributed by atoms with E-state index in [1.807, 2.05) is 36.4 Å². The monoisotopic (exact) mass is 388 g/mol. The molecule has 126 valence electrons. The van der Waals surface area contributed by atoms with Gasteiger partial charge in [-0.1, -0.05) is 52.9 Å². The third-order valence-corrected chi connectivity index (χ3v) is 5.89. The zero-order valence-corrected chi connectivity index (χ0v) is 15.4. The Hall–Kier alpha value is -2.09. The van der Waals surface area contributed by atoms with E-state index >= 15 is 0 Å². The van der Waals surface area contributed by atoms with Crippen LogP contribution in [0, 0.1) is 0 Å². The summed E-state index contributed by atoms with van der Waals surface area (Å²) < 4.78 is 6.16. The average molecular weight is 389 g/mol. The Kier molecular flexibility index (Phi) is 4.87. The highest BCUT2D eigenvalue weighted by atomic mass is 35.5. The molecule has 0 saturated carbocycles. The van der Waals surface area contributed by atoms with Gasteiger partial charge in [-0.2, -0.15) is 0 Å². The standard InChI is InChI=1S/C17H13ClN4OS2/c18-15-12(8-11-4-1-2-6-14(11)20-15)10-24-17-22-21-16(25-17)19-9-13-5-3-7-23-13/h1-8H,9-10H2,(H,19,21). The normalized spacial score (nSPS) is 11.1. The maximum Gasteiger partial charge on any atom is 0.206 e. The van der Waals surface area contributed by atoms with Gasteiger partial charge in [-0.15, -0.1) is 10.2 Å². The first-order chi connectivity index (χ1) is 12.3. The van der Waals surface area contributed by atoms with E-state index in [9.17, 15) is 0 Å². The number of hydrogen-bond donors (Lipinski definition) is 1. The molecule has 5 nitrogen and oxygen atoms in total. The number of pyridine rings is 1. The van der Waals surface area contributed by atoms with E-state index in [0.29, 0.717) is 17.5 Å². The minimum atomic E-state index is 0.534. The molecule has 3 aromatic heterocycles. The summed E-state index contributed by atoms with van der Waals surface area (Å²) in [5.41, 5.74) is 1.90. The zero-order valence-electron chi connectivity index (χ0n) is 13.0. The van der Waals surface area contributed by atoms with Gasteiger partial charge >= 0.3 is 0 Å². The van der Waals surface area contributed by atoms with Gasteiger partial charge in [0, 0.05) is 16.7 Å². The fraction of sp³-hybridized carbons (Fsp3) is 0.118. The number of nitrogens with zero attached hydrogens (tertiary/aromatic N) is 3. The van der Waals surface area contributed by atoms with Crippen molar-refractivity contribution in [1.82, 2.24) is 15.2 Å². The highest BCUT2D eigenvalue weighted by Crippen LogP contribution is 2.31. The second kappa shape index (κ2) is 7.43. The van der Waals surface area contributed by atoms with E-state index < -0.39 is 0 Å². The maximum atomic E-state index is 6.30. The number of rotatable bonds is 6. The fourth-order valence-corrected chi connectivity index (χ4v) is 4.30. The van der Waals surface area contributed by atoms with Crippen molar-refractivity contribution in [3.63, 3.8) is 0 Å². The molecule has 1 N–H and O–H groups in total. The van der Waals surface area contributed by atoms with E-state index in [0.717, 1.165) is 31.7 Å². The molecule has 0 amide bonds. The zero-order chi connectivity index (χ0) is 17.1. The molecule has 0 fully saturated rings. The third-order valence-electron chi connectivity index (χ3n) is 3.50. The lowest BCUT2D eigenvalue weighted by molar-refractivity contribution is 0.518. The SMILES string of the molecule is Clc1nc2ccccc2cc1CSc1nnc(NCc2ccco2)s1. The lowest BCUT2D eigenvalue weighted by Crippen LogP contribution is -1.96. The van der Waals surface area contributed by atoms with Gasteiger partial charge in [0.15, 0.2) is 4.34 Å². The Balaban J connectivity index is 1.40. The second-order valence-corrected chi connectivity index (χ2v) is 7.78. The minimum Gasteiger partial charge on any atom is -0.467 e. The lowest BCUT2D eigenvalue weighted by atomic mass is 10.2. The van der Waals surface area contributed by atoms with Crippen molar-refractivity contribution < 1.29 is 4.42 Å². The van der Waals surface area contributed by atoms with Crippen LogP contribution in [0.25, 0.3) is 10.9 Å². The topological polar surface area (TPSA) is 63.8 Å². The van der Waals surface area contributed by atoms with Crippen LogP contribution in [0.3, 0.4) is 0 Å². The van der Waals surface area contributed by atoms with Crippen LogP contribution < -0.4 is 5.32 Å². The number of nitrogens with one attached hydrogen (secondary N) is 1. The van der Waals surface area contributed by atoms with Crippen LogP contribution in [0.5, 0.6) is 0 Å². The van der Waals surface area contributed by atoms with E-state index in [1.165, 1.54) is 11.3 Å². The van der Waals surface area contributed by atoms with E-state index in [2.05, 4.69) is 26.6 Å². The summed E-state index contributed by atoms with van der Waals surface area (Å²) >= 11 is 9.41. The van der Waals surface area contributed by atoms with Gasteiger partial charge in [-0.3, -0.25) is 0 Å². The molecule has 0 aliphatic heterocycles. The minimum absolute atomic E-state index is 0.534. The first kappa shape index (κ1) is 16.4. The van der Waals surface area contributed by atoms with Gasteiger partial charge in [-0.05, 0) is 24.3 Å². The summed E-state index contributed by atoms with van der Waals surface area (Å²) in [6.45, 7) is 0.590. The fourth-order valence-electron chi connectivity index (χ4n) is 2.29. The maximum absolute atomic E-state index is 6.30. The number of fused-ring (bicyclic) bond motifs is 1. The quantitative estimate of drug-likeness (QED) is 0.360. The summed E-state index contributed by atoms with van der Waals surface area (Å²) in [6.07, 6.45) is 1.65. The molecule has 3 heterocycles. The van der Waals surface area contributed by atoms with Crippen LogP contribution >= 0.6 is 34.7 Å². The molecule has 0 bridgehead atoms. The van der Waals surface area contributed by atoms with Crippen molar-refractivity contribution in [2.24, 2.45) is 0 Å². The Bertz CT molecular complexity index is 987. The summed E-state index contributed by atoms with van der Waals surface area (Å²) in [6, 6.07) is 13.8. The molecular weight excluding hydrogens is 376 g/mol. The van der Waals surface area contributed by atoms with Crippen LogP contribution in [-0.2, 0) is 12.3 Å². The van der Waals surface area contributed by atoms with Crippen molar-refractivity contribution in [2.75, 3.05) is 5.32 Å². The lowest BCUT2D eigenvalue weighted by Gasteiger charge is -2.04. The number of aromatic nitrogens is 3. The van der Waals surface area contributed by atoms with E-state index in [-0.39, 0.29) is 0 Å². The van der Waals surface area contributed by atoms with Gasteiger partial charge in [0.2, 0.25) is 5.13 Å². The van der Waals surface area contributed by atoms with Gasteiger partial charge < -0.3 is 9.73 Å². The second-order valence-electron chi connectivity index (χ2n) is 5.23. The van der Waals surface area contributed by atoms with Crippen LogP contribution in [0.4, 0.5) is 5.13 Å². The first-order valence-electron chi connectivity index (χ1n) is 7.54. The molecular formula is C17H13ClN4OS2. The summed E-state index contributed by atoms with van der Waals surface area (Å²) in [5, 5.41) is 13.9. The van der Waals surface area contributed by atoms with E-state index in [4.69, 9.17) is 16.0 Å². The summed E-state index contributed by atoms with van der Waals surface area (Å²) in [4.78, 5) is 4.45. The molecule has 0 spiro atoms. The highest BCUT2D eigenvalue weighted by molar-refractivity contribution is 8.00. The van der Waals surface area contributed by atoms with Gasteiger partial charge in [-0.25, -0.2) is 4.98 Å². The summed E-state index contributed by atoms with van der Waals surface area (Å²) in [7, 11) is 0. The number of halogens is 1. The molecule has 0 unspecified atom stereocenters. The molecule has 0 radical (unpaired) electrons. The van der Waals surface area contributed by atoms with Gasteiger partial charge in [0.25, 0.3) is 0 Å². The summed E-state index contributed by atoms with van der Waals surface area (Å²) in [5.74, 6) is 1.56. The molecule has 0 aliphatic rings. The molecule has 0 saturated heterocycles. The molecule has 25 heavy (non-hydrogen) atoms. The van der Waals surface area contributed by atoms with Crippen molar-refractivity contribution in [1.29, 1.82) is 0 Å². The number of hydrogen-bond acceptors (Lipinski definition) is 7. The molecule has 4 aromatic rings. The molecule has 0 atom stereocenters. The largest absolute Gasteiger partial charge is 0.467 e. The predicted octanol–water partition coefficient (Wildman–Crippen LogP) is 5.24. The van der Waals surface area contributed by atoms with Crippen molar-refractivity contribution in [3.05, 3.63) is 65.2 Å². The highest BCUT2D eigenvalue weighted by Gasteiger charge is 2.09. The molecule has 0 aliphatic carbocycles. The number of thioether (sulfide) groups is 1. The number of para-hydroxylation sites is 1. The predicted molar refractivity (Wildman–Crippen MR) is 102 cm³/mol. The number of benzene rings is 1. The van der Waals surface area contributed by atoms with Crippen molar-refractivity contribution in [2.45, 2.75) is 16.6 Å². The van der Waals surface area contributed by atoms with Crippen molar-refractivity contribution >= 4 is 50.7 Å². The molecule has 8 heteroatoms. The Morgan fingerprint density at radius 1 is 1.16 bits per heavy atom. The Morgan fingerprint density at radius 3 is 2.96 bits per heavy atom.